The highest BCUT2D eigenvalue weighted by Crippen LogP contribution is 2.12. The third-order valence-electron chi connectivity index (χ3n) is 3.09. The van der Waals surface area contributed by atoms with Gasteiger partial charge in [0.05, 0.1) is 0 Å². The van der Waals surface area contributed by atoms with Crippen molar-refractivity contribution < 1.29 is 5.11 Å². The summed E-state index contributed by atoms with van der Waals surface area (Å²) in [5, 5.41) is 12.6. The molecule has 0 aromatic heterocycles. The zero-order valence-corrected chi connectivity index (χ0v) is 9.66. The van der Waals surface area contributed by atoms with Gasteiger partial charge in [-0.1, -0.05) is 13.8 Å². The minimum absolute atomic E-state index is 0.290. The van der Waals surface area contributed by atoms with Gasteiger partial charge in [0.2, 0.25) is 0 Å². The number of nitrogens with zero attached hydrogens (tertiary/aromatic N) is 1. The van der Waals surface area contributed by atoms with Gasteiger partial charge in [0.25, 0.3) is 0 Å². The summed E-state index contributed by atoms with van der Waals surface area (Å²) < 4.78 is 0. The second-order valence-corrected chi connectivity index (χ2v) is 4.78. The van der Waals surface area contributed by atoms with Gasteiger partial charge < -0.3 is 15.3 Å². The first kappa shape index (κ1) is 12.0. The van der Waals surface area contributed by atoms with E-state index >= 15 is 0 Å². The molecule has 84 valence electrons. The smallest absolute Gasteiger partial charge is 0.0445 e. The lowest BCUT2D eigenvalue weighted by Gasteiger charge is -2.25. The molecule has 1 aliphatic rings. The number of aliphatic hydroxyl groups excluding tert-OH is 1. The summed E-state index contributed by atoms with van der Waals surface area (Å²) in [6, 6.07) is 1.09. The molecule has 0 bridgehead atoms. The zero-order chi connectivity index (χ0) is 10.6. The molecular weight excluding hydrogens is 176 g/mol. The van der Waals surface area contributed by atoms with E-state index < -0.39 is 0 Å². The second kappa shape index (κ2) is 5.69. The Kier molecular flexibility index (Phi) is 4.85. The first-order valence-electron chi connectivity index (χ1n) is 5.69. The van der Waals surface area contributed by atoms with Crippen LogP contribution >= 0.6 is 0 Å². The predicted molar refractivity (Wildman–Crippen MR) is 59.4 cm³/mol. The molecule has 14 heavy (non-hydrogen) atoms. The van der Waals surface area contributed by atoms with Crippen LogP contribution in [0.15, 0.2) is 0 Å². The van der Waals surface area contributed by atoms with Crippen LogP contribution in [0.3, 0.4) is 0 Å². The van der Waals surface area contributed by atoms with Crippen molar-refractivity contribution in [2.24, 2.45) is 5.92 Å². The van der Waals surface area contributed by atoms with E-state index in [4.69, 9.17) is 5.11 Å². The maximum Gasteiger partial charge on any atom is 0.0445 e. The van der Waals surface area contributed by atoms with Gasteiger partial charge in [-0.25, -0.2) is 0 Å². The Balaban J connectivity index is 2.31. The van der Waals surface area contributed by atoms with E-state index in [-0.39, 0.29) is 0 Å². The van der Waals surface area contributed by atoms with E-state index in [1.807, 2.05) is 0 Å². The van der Waals surface area contributed by atoms with Gasteiger partial charge in [-0.05, 0) is 32.4 Å². The van der Waals surface area contributed by atoms with Gasteiger partial charge in [0.15, 0.2) is 0 Å². The molecule has 1 rings (SSSR count). The number of likely N-dealkylation sites (N-methyl/N-ethyl adjacent to an activating group) is 1. The summed E-state index contributed by atoms with van der Waals surface area (Å²) in [5.74, 6) is 0.605. The summed E-state index contributed by atoms with van der Waals surface area (Å²) in [6.45, 7) is 7.06. The van der Waals surface area contributed by atoms with Crippen molar-refractivity contribution in [1.29, 1.82) is 0 Å². The van der Waals surface area contributed by atoms with Crippen molar-refractivity contribution in [2.45, 2.75) is 38.8 Å². The Morgan fingerprint density at radius 2 is 2.21 bits per heavy atom. The van der Waals surface area contributed by atoms with E-state index in [1.54, 1.807) is 0 Å². The SMILES string of the molecule is CC(C)C(CCO)NC1CCN(C)C1. The van der Waals surface area contributed by atoms with Crippen LogP contribution in [0.4, 0.5) is 0 Å². The summed E-state index contributed by atoms with van der Waals surface area (Å²) in [6.07, 6.45) is 2.11. The Morgan fingerprint density at radius 1 is 1.50 bits per heavy atom. The number of hydrogen-bond donors (Lipinski definition) is 2. The molecule has 2 unspecified atom stereocenters. The topological polar surface area (TPSA) is 35.5 Å². The highest BCUT2D eigenvalue weighted by molar-refractivity contribution is 4.83. The van der Waals surface area contributed by atoms with Crippen LogP contribution in [0, 0.1) is 5.92 Å². The first-order valence-corrected chi connectivity index (χ1v) is 5.69. The van der Waals surface area contributed by atoms with Crippen molar-refractivity contribution in [3.63, 3.8) is 0 Å². The minimum Gasteiger partial charge on any atom is -0.396 e. The van der Waals surface area contributed by atoms with Crippen LogP contribution < -0.4 is 5.32 Å². The fraction of sp³-hybridized carbons (Fsp3) is 1.00. The average Bonchev–Trinajstić information content (AvgIpc) is 2.50. The molecule has 2 N–H and O–H groups in total. The molecule has 0 aliphatic carbocycles. The molecule has 1 heterocycles. The molecular formula is C11H24N2O. The molecule has 2 atom stereocenters. The molecule has 1 saturated heterocycles. The third-order valence-corrected chi connectivity index (χ3v) is 3.09. The van der Waals surface area contributed by atoms with Gasteiger partial charge in [0.1, 0.15) is 0 Å². The van der Waals surface area contributed by atoms with E-state index in [1.165, 1.54) is 13.0 Å². The molecule has 0 amide bonds. The van der Waals surface area contributed by atoms with Crippen molar-refractivity contribution in [2.75, 3.05) is 26.7 Å². The van der Waals surface area contributed by atoms with Crippen LogP contribution in [-0.4, -0.2) is 48.8 Å². The number of hydrogen-bond acceptors (Lipinski definition) is 3. The molecule has 1 fully saturated rings. The highest BCUT2D eigenvalue weighted by Gasteiger charge is 2.23. The number of rotatable bonds is 5. The maximum absolute atomic E-state index is 8.96. The normalized spacial score (nSPS) is 25.9. The molecule has 1 aliphatic heterocycles. The largest absolute Gasteiger partial charge is 0.396 e. The average molecular weight is 200 g/mol. The minimum atomic E-state index is 0.290. The molecule has 0 saturated carbocycles. The fourth-order valence-corrected chi connectivity index (χ4v) is 2.12. The molecule has 0 aromatic rings. The van der Waals surface area contributed by atoms with Crippen molar-refractivity contribution in [1.82, 2.24) is 10.2 Å². The van der Waals surface area contributed by atoms with Crippen LogP contribution in [0.5, 0.6) is 0 Å². The van der Waals surface area contributed by atoms with Crippen LogP contribution in [0.25, 0.3) is 0 Å². The molecule has 0 radical (unpaired) electrons. The van der Waals surface area contributed by atoms with Crippen LogP contribution in [0.2, 0.25) is 0 Å². The lowest BCUT2D eigenvalue weighted by molar-refractivity contribution is 0.234. The van der Waals surface area contributed by atoms with E-state index in [0.29, 0.717) is 24.6 Å². The summed E-state index contributed by atoms with van der Waals surface area (Å²) >= 11 is 0. The standard InChI is InChI=1S/C11H24N2O/c1-9(2)11(5-7-14)12-10-4-6-13(3)8-10/h9-12,14H,4-8H2,1-3H3. The second-order valence-electron chi connectivity index (χ2n) is 4.78. The van der Waals surface area contributed by atoms with Gasteiger partial charge in [-0.2, -0.15) is 0 Å². The maximum atomic E-state index is 8.96. The van der Waals surface area contributed by atoms with Crippen LogP contribution in [-0.2, 0) is 0 Å². The first-order chi connectivity index (χ1) is 6.63. The van der Waals surface area contributed by atoms with Crippen LogP contribution in [0.1, 0.15) is 26.7 Å². The molecule has 3 nitrogen and oxygen atoms in total. The summed E-state index contributed by atoms with van der Waals surface area (Å²) in [7, 11) is 2.16. The van der Waals surface area contributed by atoms with Gasteiger partial charge in [0, 0.05) is 25.2 Å². The van der Waals surface area contributed by atoms with Gasteiger partial charge in [-0.15, -0.1) is 0 Å². The van der Waals surface area contributed by atoms with E-state index in [9.17, 15) is 0 Å². The van der Waals surface area contributed by atoms with Crippen molar-refractivity contribution >= 4 is 0 Å². The lowest BCUT2D eigenvalue weighted by Crippen LogP contribution is -2.43. The van der Waals surface area contributed by atoms with E-state index in [2.05, 4.69) is 31.1 Å². The summed E-state index contributed by atoms with van der Waals surface area (Å²) in [4.78, 5) is 2.36. The Morgan fingerprint density at radius 3 is 2.64 bits per heavy atom. The monoisotopic (exact) mass is 200 g/mol. The fourth-order valence-electron chi connectivity index (χ4n) is 2.12. The number of aliphatic hydroxyl groups is 1. The Hall–Kier alpha value is -0.120. The zero-order valence-electron chi connectivity index (χ0n) is 9.66. The Labute approximate surface area is 87.5 Å². The number of nitrogens with one attached hydrogen (secondary N) is 1. The van der Waals surface area contributed by atoms with Gasteiger partial charge >= 0.3 is 0 Å². The lowest BCUT2D eigenvalue weighted by atomic mass is 10.00. The van der Waals surface area contributed by atoms with Crippen molar-refractivity contribution in [3.8, 4) is 0 Å². The highest BCUT2D eigenvalue weighted by atomic mass is 16.3. The van der Waals surface area contributed by atoms with Gasteiger partial charge in [-0.3, -0.25) is 0 Å². The molecule has 3 heteroatoms. The molecule has 0 aromatic carbocycles. The number of likely N-dealkylation sites (tertiary alicyclic amines) is 1. The third kappa shape index (κ3) is 3.56. The quantitative estimate of drug-likeness (QED) is 0.685. The van der Waals surface area contributed by atoms with E-state index in [0.717, 1.165) is 13.0 Å². The Bertz CT molecular complexity index is 161. The predicted octanol–water partition coefficient (Wildman–Crippen LogP) is 0.687. The molecule has 0 spiro atoms. The van der Waals surface area contributed by atoms with Crippen molar-refractivity contribution in [3.05, 3.63) is 0 Å². The summed E-state index contributed by atoms with van der Waals surface area (Å²) in [5.41, 5.74) is 0.